The molecule has 1 fully saturated rings. The van der Waals surface area contributed by atoms with Gasteiger partial charge in [0, 0.05) is 19.2 Å². The minimum absolute atomic E-state index is 0.411. The largest absolute Gasteiger partial charge is 0.465 e. The highest BCUT2D eigenvalue weighted by Gasteiger charge is 2.19. The Morgan fingerprint density at radius 3 is 2.88 bits per heavy atom. The fourth-order valence-corrected chi connectivity index (χ4v) is 3.34. The van der Waals surface area contributed by atoms with Gasteiger partial charge < -0.3 is 15.0 Å². The van der Waals surface area contributed by atoms with Crippen molar-refractivity contribution >= 4 is 34.9 Å². The first-order valence-electron chi connectivity index (χ1n) is 8.72. The molecule has 1 saturated heterocycles. The highest BCUT2D eigenvalue weighted by atomic mass is 35.5. The lowest BCUT2D eigenvalue weighted by atomic mass is 10.0. The number of hydrogen-bond acceptors (Lipinski definition) is 6. The van der Waals surface area contributed by atoms with E-state index in [-0.39, 0.29) is 0 Å². The van der Waals surface area contributed by atoms with Crippen molar-refractivity contribution in [1.82, 2.24) is 9.97 Å². The monoisotopic (exact) mass is 374 g/mol. The summed E-state index contributed by atoms with van der Waals surface area (Å²) >= 11 is 6.27. The topological polar surface area (TPSA) is 67.3 Å². The molecule has 0 spiro atoms. The second-order valence-electron chi connectivity index (χ2n) is 6.66. The average molecular weight is 375 g/mol. The molecule has 0 amide bonds. The van der Waals surface area contributed by atoms with Gasteiger partial charge in [0.05, 0.1) is 23.4 Å². The van der Waals surface area contributed by atoms with Crippen molar-refractivity contribution in [2.75, 3.05) is 30.4 Å². The Hall–Kier alpha value is -2.34. The highest BCUT2D eigenvalue weighted by Crippen LogP contribution is 2.28. The molecule has 1 unspecified atom stereocenters. The number of anilines is 3. The summed E-state index contributed by atoms with van der Waals surface area (Å²) < 4.78 is 4.77. The third-order valence-corrected chi connectivity index (χ3v) is 4.79. The van der Waals surface area contributed by atoms with Crippen LogP contribution in [0.3, 0.4) is 0 Å². The number of aromatic nitrogens is 2. The average Bonchev–Trinajstić information content (AvgIpc) is 2.62. The van der Waals surface area contributed by atoms with Crippen LogP contribution in [-0.2, 0) is 4.74 Å². The third-order valence-electron chi connectivity index (χ3n) is 4.46. The fourth-order valence-electron chi connectivity index (χ4n) is 3.18. The molecule has 26 heavy (non-hydrogen) atoms. The van der Waals surface area contributed by atoms with E-state index in [1.165, 1.54) is 20.0 Å². The first-order valence-corrected chi connectivity index (χ1v) is 9.09. The van der Waals surface area contributed by atoms with Gasteiger partial charge >= 0.3 is 5.97 Å². The van der Waals surface area contributed by atoms with E-state index in [0.29, 0.717) is 33.8 Å². The molecule has 0 bridgehead atoms. The lowest BCUT2D eigenvalue weighted by Crippen LogP contribution is -2.35. The fraction of sp³-hybridized carbons (Fsp3) is 0.421. The molecule has 1 atom stereocenters. The predicted molar refractivity (Wildman–Crippen MR) is 103 cm³/mol. The maximum absolute atomic E-state index is 11.7. The van der Waals surface area contributed by atoms with Crippen molar-refractivity contribution in [3.8, 4) is 0 Å². The maximum Gasteiger partial charge on any atom is 0.337 e. The van der Waals surface area contributed by atoms with Crippen molar-refractivity contribution in [1.29, 1.82) is 0 Å². The second kappa shape index (κ2) is 7.91. The van der Waals surface area contributed by atoms with E-state index in [2.05, 4.69) is 27.1 Å². The van der Waals surface area contributed by atoms with Gasteiger partial charge in [0.1, 0.15) is 17.5 Å². The van der Waals surface area contributed by atoms with Gasteiger partial charge in [-0.2, -0.15) is 0 Å². The Balaban J connectivity index is 1.87. The smallest absolute Gasteiger partial charge is 0.337 e. The molecule has 1 aromatic heterocycles. The minimum Gasteiger partial charge on any atom is -0.465 e. The normalized spacial score (nSPS) is 17.1. The molecule has 0 radical (unpaired) electrons. The number of hydrogen-bond donors (Lipinski definition) is 1. The molecule has 6 nitrogen and oxygen atoms in total. The SMILES string of the molecule is COC(=O)c1ccc(Cl)c(Nc2cc(N3CCCC(C)C3)nc(C)n2)c1. The Kier molecular flexibility index (Phi) is 5.61. The second-order valence-corrected chi connectivity index (χ2v) is 7.07. The van der Waals surface area contributed by atoms with Gasteiger partial charge in [0.15, 0.2) is 0 Å². The molecule has 2 heterocycles. The number of nitrogens with one attached hydrogen (secondary N) is 1. The van der Waals surface area contributed by atoms with Crippen LogP contribution in [0.4, 0.5) is 17.3 Å². The van der Waals surface area contributed by atoms with Crippen molar-refractivity contribution in [3.05, 3.63) is 40.7 Å². The number of aryl methyl sites for hydroxylation is 1. The summed E-state index contributed by atoms with van der Waals surface area (Å²) in [6.45, 7) is 6.12. The van der Waals surface area contributed by atoms with E-state index in [0.717, 1.165) is 18.9 Å². The van der Waals surface area contributed by atoms with E-state index >= 15 is 0 Å². The molecule has 3 rings (SSSR count). The van der Waals surface area contributed by atoms with Crippen LogP contribution in [0, 0.1) is 12.8 Å². The van der Waals surface area contributed by atoms with E-state index in [1.54, 1.807) is 18.2 Å². The van der Waals surface area contributed by atoms with Gasteiger partial charge in [-0.25, -0.2) is 14.8 Å². The number of carbonyl (C=O) groups excluding carboxylic acids is 1. The summed E-state index contributed by atoms with van der Waals surface area (Å²) in [4.78, 5) is 23.1. The summed E-state index contributed by atoms with van der Waals surface area (Å²) in [5.41, 5.74) is 1.03. The number of methoxy groups -OCH3 is 1. The lowest BCUT2D eigenvalue weighted by Gasteiger charge is -2.32. The molecule has 1 N–H and O–H groups in total. The van der Waals surface area contributed by atoms with Gasteiger partial charge in [0.25, 0.3) is 0 Å². The minimum atomic E-state index is -0.411. The van der Waals surface area contributed by atoms with Crippen molar-refractivity contribution in [3.63, 3.8) is 0 Å². The van der Waals surface area contributed by atoms with E-state index in [1.807, 2.05) is 13.0 Å². The number of carbonyl (C=O) groups is 1. The Bertz CT molecular complexity index is 812. The van der Waals surface area contributed by atoms with Crippen molar-refractivity contribution < 1.29 is 9.53 Å². The zero-order valence-corrected chi connectivity index (χ0v) is 16.0. The molecular formula is C19H23ClN4O2. The third kappa shape index (κ3) is 4.25. The van der Waals surface area contributed by atoms with Gasteiger partial charge in [-0.3, -0.25) is 0 Å². The standard InChI is InChI=1S/C19H23ClN4O2/c1-12-5-4-8-24(11-12)18-10-17(21-13(2)22-18)23-16-9-14(19(25)26-3)6-7-15(16)20/h6-7,9-10,12H,4-5,8,11H2,1-3H3,(H,21,22,23). The summed E-state index contributed by atoms with van der Waals surface area (Å²) in [6, 6.07) is 6.88. The molecule has 0 aliphatic carbocycles. The zero-order valence-electron chi connectivity index (χ0n) is 15.3. The quantitative estimate of drug-likeness (QED) is 0.809. The lowest BCUT2D eigenvalue weighted by molar-refractivity contribution is 0.0601. The number of ether oxygens (including phenoxy) is 1. The molecule has 1 aliphatic rings. The van der Waals surface area contributed by atoms with E-state index < -0.39 is 5.97 Å². The first-order chi connectivity index (χ1) is 12.5. The molecule has 2 aromatic rings. The van der Waals surface area contributed by atoms with Crippen LogP contribution >= 0.6 is 11.6 Å². The summed E-state index contributed by atoms with van der Waals surface area (Å²) in [6.07, 6.45) is 2.42. The van der Waals surface area contributed by atoms with Crippen molar-refractivity contribution in [2.24, 2.45) is 5.92 Å². The summed E-state index contributed by atoms with van der Waals surface area (Å²) in [5, 5.41) is 3.71. The summed E-state index contributed by atoms with van der Waals surface area (Å²) in [7, 11) is 1.35. The molecule has 1 aromatic carbocycles. The molecular weight excluding hydrogens is 352 g/mol. The Morgan fingerprint density at radius 1 is 1.35 bits per heavy atom. The van der Waals surface area contributed by atoms with Crippen LogP contribution < -0.4 is 10.2 Å². The Morgan fingerprint density at radius 2 is 2.15 bits per heavy atom. The molecule has 7 heteroatoms. The molecule has 138 valence electrons. The number of benzene rings is 1. The van der Waals surface area contributed by atoms with E-state index in [4.69, 9.17) is 16.3 Å². The Labute approximate surface area is 158 Å². The van der Waals surface area contributed by atoms with Crippen LogP contribution in [0.5, 0.6) is 0 Å². The van der Waals surface area contributed by atoms with Crippen LogP contribution in [0.25, 0.3) is 0 Å². The van der Waals surface area contributed by atoms with Gasteiger partial charge in [-0.15, -0.1) is 0 Å². The maximum atomic E-state index is 11.7. The van der Waals surface area contributed by atoms with E-state index in [9.17, 15) is 4.79 Å². The van der Waals surface area contributed by atoms with Crippen molar-refractivity contribution in [2.45, 2.75) is 26.7 Å². The number of halogens is 1. The number of nitrogens with zero attached hydrogens (tertiary/aromatic N) is 3. The van der Waals surface area contributed by atoms with Crippen LogP contribution in [0.1, 0.15) is 35.9 Å². The number of rotatable bonds is 4. The molecule has 1 aliphatic heterocycles. The summed E-state index contributed by atoms with van der Waals surface area (Å²) in [5.74, 6) is 2.48. The van der Waals surface area contributed by atoms with Crippen LogP contribution in [0.15, 0.2) is 24.3 Å². The predicted octanol–water partition coefficient (Wildman–Crippen LogP) is 4.20. The number of esters is 1. The zero-order chi connectivity index (χ0) is 18.7. The van der Waals surface area contributed by atoms with Crippen LogP contribution in [-0.4, -0.2) is 36.1 Å². The first kappa shape index (κ1) is 18.5. The number of piperidine rings is 1. The highest BCUT2D eigenvalue weighted by molar-refractivity contribution is 6.33. The molecule has 0 saturated carbocycles. The van der Waals surface area contributed by atoms with Gasteiger partial charge in [-0.05, 0) is 43.9 Å². The van der Waals surface area contributed by atoms with Gasteiger partial charge in [-0.1, -0.05) is 18.5 Å². The van der Waals surface area contributed by atoms with Crippen LogP contribution in [0.2, 0.25) is 5.02 Å². The van der Waals surface area contributed by atoms with Gasteiger partial charge in [0.2, 0.25) is 0 Å².